The molecular formula is C22H22N8O4S. The van der Waals surface area contributed by atoms with Crippen molar-refractivity contribution in [1.29, 1.82) is 5.26 Å². The molecule has 0 aliphatic carbocycles. The van der Waals surface area contributed by atoms with E-state index in [2.05, 4.69) is 35.8 Å². The van der Waals surface area contributed by atoms with Crippen molar-refractivity contribution in [3.8, 4) is 18.0 Å². The van der Waals surface area contributed by atoms with Crippen molar-refractivity contribution in [2.45, 2.75) is 13.0 Å². The maximum absolute atomic E-state index is 12.6. The molecule has 3 aromatic rings. The van der Waals surface area contributed by atoms with Crippen LogP contribution in [0.5, 0.6) is 11.9 Å². The van der Waals surface area contributed by atoms with Crippen LogP contribution in [-0.4, -0.2) is 54.2 Å². The van der Waals surface area contributed by atoms with Crippen LogP contribution in [-0.2, 0) is 13.0 Å². The van der Waals surface area contributed by atoms with Crippen molar-refractivity contribution in [3.05, 3.63) is 46.5 Å². The number of amides is 3. The molecule has 1 aromatic carbocycles. The topological polar surface area (TPSA) is 154 Å². The van der Waals surface area contributed by atoms with Gasteiger partial charge in [-0.25, -0.2) is 9.78 Å². The second-order valence-corrected chi connectivity index (χ2v) is 8.36. The lowest BCUT2D eigenvalue weighted by Gasteiger charge is -2.27. The summed E-state index contributed by atoms with van der Waals surface area (Å²) in [7, 11) is 3.03. The van der Waals surface area contributed by atoms with Gasteiger partial charge in [0.05, 0.1) is 43.8 Å². The van der Waals surface area contributed by atoms with Crippen LogP contribution in [0.25, 0.3) is 0 Å². The zero-order valence-corrected chi connectivity index (χ0v) is 19.8. The Hall–Kier alpha value is -4.44. The molecule has 0 spiro atoms. The molecule has 0 saturated carbocycles. The van der Waals surface area contributed by atoms with Gasteiger partial charge in [-0.1, -0.05) is 23.5 Å². The summed E-state index contributed by atoms with van der Waals surface area (Å²) < 4.78 is 10.4. The summed E-state index contributed by atoms with van der Waals surface area (Å²) in [5, 5.41) is 17.0. The van der Waals surface area contributed by atoms with Crippen LogP contribution < -0.4 is 30.3 Å². The van der Waals surface area contributed by atoms with E-state index in [-0.39, 0.29) is 18.1 Å². The van der Waals surface area contributed by atoms with Gasteiger partial charge in [0.1, 0.15) is 12.4 Å². The Morgan fingerprint density at radius 3 is 2.77 bits per heavy atom. The summed E-state index contributed by atoms with van der Waals surface area (Å²) in [4.78, 5) is 41.0. The van der Waals surface area contributed by atoms with Crippen molar-refractivity contribution >= 4 is 39.9 Å². The first-order valence-electron chi connectivity index (χ1n) is 10.5. The number of para-hydroxylation sites is 1. The first-order chi connectivity index (χ1) is 17.0. The molecule has 0 saturated heterocycles. The number of carbonyl (C=O) groups excluding carboxylic acids is 2. The van der Waals surface area contributed by atoms with E-state index in [4.69, 9.17) is 14.7 Å². The minimum Gasteiger partial charge on any atom is -0.481 e. The first kappa shape index (κ1) is 23.7. The number of aromatic nitrogens is 3. The fourth-order valence-corrected chi connectivity index (χ4v) is 4.47. The van der Waals surface area contributed by atoms with E-state index in [1.807, 2.05) is 6.07 Å². The number of hydrogen-bond acceptors (Lipinski definition) is 10. The van der Waals surface area contributed by atoms with E-state index in [1.54, 1.807) is 30.3 Å². The Kier molecular flexibility index (Phi) is 7.22. The van der Waals surface area contributed by atoms with E-state index >= 15 is 0 Å². The normalized spacial score (nSPS) is 12.2. The Morgan fingerprint density at radius 2 is 2.00 bits per heavy atom. The number of rotatable bonds is 7. The van der Waals surface area contributed by atoms with Crippen molar-refractivity contribution in [3.63, 3.8) is 0 Å². The molecule has 180 valence electrons. The number of nitriles is 1. The molecule has 2 aromatic heterocycles. The average molecular weight is 495 g/mol. The van der Waals surface area contributed by atoms with Crippen molar-refractivity contribution in [2.24, 2.45) is 0 Å². The van der Waals surface area contributed by atoms with Gasteiger partial charge < -0.3 is 25.0 Å². The number of anilines is 3. The predicted molar refractivity (Wildman–Crippen MR) is 129 cm³/mol. The van der Waals surface area contributed by atoms with Crippen LogP contribution in [0.2, 0.25) is 0 Å². The average Bonchev–Trinajstić information content (AvgIpc) is 3.28. The van der Waals surface area contributed by atoms with E-state index in [9.17, 15) is 9.59 Å². The summed E-state index contributed by atoms with van der Waals surface area (Å²) in [6.45, 7) is 1.11. The number of methoxy groups -OCH3 is 2. The highest BCUT2D eigenvalue weighted by molar-refractivity contribution is 7.15. The van der Waals surface area contributed by atoms with Gasteiger partial charge in [-0.05, 0) is 12.1 Å². The Morgan fingerprint density at radius 1 is 1.17 bits per heavy atom. The van der Waals surface area contributed by atoms with Crippen LogP contribution in [0.3, 0.4) is 0 Å². The summed E-state index contributed by atoms with van der Waals surface area (Å²) in [6, 6.07) is 9.82. The standard InChI is InChI=1S/C22H22N8O4S/c1-33-18-11-17(27-21(28-18)34-2)30-10-7-15-16(12-30)35-22(26-15)29-20(32)25-14-6-4-3-5-13(14)19(31)24-9-8-23/h3-6,11H,7,9-10,12H2,1-2H3,(H,24,31)(H2,25,26,29,32). The number of nitrogens with one attached hydrogen (secondary N) is 3. The number of fused-ring (bicyclic) bond motifs is 1. The number of ether oxygens (including phenoxy) is 2. The van der Waals surface area contributed by atoms with Crippen molar-refractivity contribution in [2.75, 3.05) is 42.8 Å². The van der Waals surface area contributed by atoms with Gasteiger partial charge in [0.15, 0.2) is 5.13 Å². The maximum Gasteiger partial charge on any atom is 0.325 e. The minimum absolute atomic E-state index is 0.129. The molecule has 4 rings (SSSR count). The largest absolute Gasteiger partial charge is 0.481 e. The van der Waals surface area contributed by atoms with Gasteiger partial charge in [0.25, 0.3) is 5.91 Å². The molecule has 13 heteroatoms. The van der Waals surface area contributed by atoms with E-state index in [1.165, 1.54) is 25.6 Å². The van der Waals surface area contributed by atoms with Crippen LogP contribution in [0.1, 0.15) is 20.9 Å². The third-order valence-electron chi connectivity index (χ3n) is 5.08. The maximum atomic E-state index is 12.6. The fraction of sp³-hybridized carbons (Fsp3) is 0.273. The van der Waals surface area contributed by atoms with Crippen LogP contribution in [0, 0.1) is 11.3 Å². The molecule has 3 N–H and O–H groups in total. The summed E-state index contributed by atoms with van der Waals surface area (Å²) in [6.07, 6.45) is 0.672. The van der Waals surface area contributed by atoms with Crippen molar-refractivity contribution < 1.29 is 19.1 Å². The smallest absolute Gasteiger partial charge is 0.325 e. The third kappa shape index (κ3) is 5.56. The number of hydrogen-bond donors (Lipinski definition) is 3. The molecule has 1 aliphatic rings. The number of benzene rings is 1. The van der Waals surface area contributed by atoms with Gasteiger partial charge in [-0.15, -0.1) is 0 Å². The highest BCUT2D eigenvalue weighted by atomic mass is 32.1. The molecule has 0 atom stereocenters. The van der Waals surface area contributed by atoms with Crippen LogP contribution >= 0.6 is 11.3 Å². The Balaban J connectivity index is 1.44. The van der Waals surface area contributed by atoms with Gasteiger partial charge >= 0.3 is 12.0 Å². The molecular weight excluding hydrogens is 472 g/mol. The Bertz CT molecular complexity index is 1270. The first-order valence-corrected chi connectivity index (χ1v) is 11.3. The quantitative estimate of drug-likeness (QED) is 0.420. The molecule has 0 unspecified atom stereocenters. The Labute approximate surface area is 204 Å². The van der Waals surface area contributed by atoms with Gasteiger partial charge in [-0.3, -0.25) is 10.1 Å². The lowest BCUT2D eigenvalue weighted by molar-refractivity contribution is 0.0959. The fourth-order valence-electron chi connectivity index (χ4n) is 3.45. The van der Waals surface area contributed by atoms with Crippen molar-refractivity contribution in [1.82, 2.24) is 20.3 Å². The second-order valence-electron chi connectivity index (χ2n) is 7.28. The summed E-state index contributed by atoms with van der Waals surface area (Å²) in [5.74, 6) is 0.624. The zero-order valence-electron chi connectivity index (χ0n) is 19.0. The van der Waals surface area contributed by atoms with Gasteiger partial charge in [-0.2, -0.15) is 15.2 Å². The molecule has 12 nitrogen and oxygen atoms in total. The van der Waals surface area contributed by atoms with Crippen LogP contribution in [0.4, 0.5) is 21.4 Å². The van der Waals surface area contributed by atoms with Gasteiger partial charge in [0, 0.05) is 23.9 Å². The summed E-state index contributed by atoms with van der Waals surface area (Å²) in [5.41, 5.74) is 1.48. The molecule has 3 amide bonds. The molecule has 0 bridgehead atoms. The minimum atomic E-state index is -0.529. The predicted octanol–water partition coefficient (Wildman–Crippen LogP) is 2.41. The van der Waals surface area contributed by atoms with E-state index in [0.717, 1.165) is 10.6 Å². The van der Waals surface area contributed by atoms with E-state index in [0.29, 0.717) is 42.0 Å². The van der Waals surface area contributed by atoms with Gasteiger partial charge in [0.2, 0.25) is 5.88 Å². The SMILES string of the molecule is COc1cc(N2CCc3nc(NC(=O)Nc4ccccc4C(=O)NCC#N)sc3C2)nc(OC)n1. The highest BCUT2D eigenvalue weighted by Crippen LogP contribution is 2.31. The number of urea groups is 1. The van der Waals surface area contributed by atoms with E-state index < -0.39 is 11.9 Å². The third-order valence-corrected chi connectivity index (χ3v) is 6.08. The number of thiazole rings is 1. The molecule has 0 radical (unpaired) electrons. The molecule has 35 heavy (non-hydrogen) atoms. The summed E-state index contributed by atoms with van der Waals surface area (Å²) >= 11 is 1.37. The zero-order chi connectivity index (χ0) is 24.8. The molecule has 0 fully saturated rings. The highest BCUT2D eigenvalue weighted by Gasteiger charge is 2.24. The van der Waals surface area contributed by atoms with Crippen LogP contribution in [0.15, 0.2) is 30.3 Å². The molecule has 3 heterocycles. The lowest BCUT2D eigenvalue weighted by Crippen LogP contribution is -2.30. The monoisotopic (exact) mass is 494 g/mol. The second kappa shape index (κ2) is 10.7. The number of carbonyl (C=O) groups is 2. The lowest BCUT2D eigenvalue weighted by atomic mass is 10.1. The molecule has 1 aliphatic heterocycles. The number of nitrogens with zero attached hydrogens (tertiary/aromatic N) is 5.